The Morgan fingerprint density at radius 3 is 2.50 bits per heavy atom. The van der Waals surface area contributed by atoms with E-state index in [9.17, 15) is 10.2 Å². The molecule has 1 aliphatic carbocycles. The molecule has 1 saturated carbocycles. The quantitative estimate of drug-likeness (QED) is 0.753. The average molecular weight is 194 g/mol. The molecule has 0 saturated heterocycles. The fourth-order valence-corrected chi connectivity index (χ4v) is 1.61. The van der Waals surface area contributed by atoms with Gasteiger partial charge in [-0.2, -0.15) is 0 Å². The predicted molar refractivity (Wildman–Crippen MR) is 52.5 cm³/mol. The Labute approximate surface area is 83.0 Å². The van der Waals surface area contributed by atoms with Crippen LogP contribution in [-0.2, 0) is 5.60 Å². The highest BCUT2D eigenvalue weighted by atomic mass is 16.5. The SMILES string of the molecule is COc1cc(C)c(O)c(C2(O)CC2)c1. The number of aryl methyl sites for hydroxylation is 1. The van der Waals surface area contributed by atoms with Crippen molar-refractivity contribution in [2.45, 2.75) is 25.4 Å². The Hall–Kier alpha value is -1.22. The van der Waals surface area contributed by atoms with Crippen molar-refractivity contribution in [2.75, 3.05) is 7.11 Å². The van der Waals surface area contributed by atoms with Crippen molar-refractivity contribution in [1.29, 1.82) is 0 Å². The average Bonchev–Trinajstić information content (AvgIpc) is 2.89. The Bertz CT molecular complexity index is 367. The maximum Gasteiger partial charge on any atom is 0.124 e. The van der Waals surface area contributed by atoms with Crippen LogP contribution in [0.2, 0.25) is 0 Å². The summed E-state index contributed by atoms with van der Waals surface area (Å²) >= 11 is 0. The van der Waals surface area contributed by atoms with Crippen LogP contribution in [0.4, 0.5) is 0 Å². The van der Waals surface area contributed by atoms with Gasteiger partial charge in [0.15, 0.2) is 0 Å². The molecule has 0 aromatic heterocycles. The number of rotatable bonds is 2. The molecule has 2 rings (SSSR count). The van der Waals surface area contributed by atoms with Gasteiger partial charge in [0.2, 0.25) is 0 Å². The lowest BCUT2D eigenvalue weighted by atomic mass is 10.0. The second-order valence-corrected chi connectivity index (χ2v) is 3.87. The van der Waals surface area contributed by atoms with Crippen molar-refractivity contribution in [3.8, 4) is 11.5 Å². The summed E-state index contributed by atoms with van der Waals surface area (Å²) in [5.41, 5.74) is 0.512. The normalized spacial score (nSPS) is 17.9. The van der Waals surface area contributed by atoms with E-state index in [1.807, 2.05) is 0 Å². The topological polar surface area (TPSA) is 49.7 Å². The minimum atomic E-state index is -0.816. The molecule has 3 heteroatoms. The summed E-state index contributed by atoms with van der Waals surface area (Å²) in [6.45, 7) is 1.80. The fourth-order valence-electron chi connectivity index (χ4n) is 1.61. The van der Waals surface area contributed by atoms with E-state index in [-0.39, 0.29) is 5.75 Å². The van der Waals surface area contributed by atoms with E-state index in [2.05, 4.69) is 0 Å². The summed E-state index contributed by atoms with van der Waals surface area (Å²) in [5.74, 6) is 0.862. The highest BCUT2D eigenvalue weighted by Crippen LogP contribution is 2.50. The zero-order valence-corrected chi connectivity index (χ0v) is 8.37. The molecule has 1 aliphatic rings. The van der Waals surface area contributed by atoms with Crippen LogP contribution in [0.1, 0.15) is 24.0 Å². The summed E-state index contributed by atoms with van der Waals surface area (Å²) in [6, 6.07) is 3.46. The number of aromatic hydroxyl groups is 1. The van der Waals surface area contributed by atoms with Crippen LogP contribution in [0.3, 0.4) is 0 Å². The minimum absolute atomic E-state index is 0.186. The maximum absolute atomic E-state index is 9.91. The predicted octanol–water partition coefficient (Wildman–Crippen LogP) is 1.69. The van der Waals surface area contributed by atoms with Crippen molar-refractivity contribution in [3.05, 3.63) is 23.3 Å². The second-order valence-electron chi connectivity index (χ2n) is 3.87. The van der Waals surface area contributed by atoms with Crippen LogP contribution in [0.15, 0.2) is 12.1 Å². The second kappa shape index (κ2) is 2.89. The fraction of sp³-hybridized carbons (Fsp3) is 0.455. The molecular formula is C11H14O3. The minimum Gasteiger partial charge on any atom is -0.507 e. The number of phenolic OH excluding ortho intramolecular Hbond substituents is 1. The van der Waals surface area contributed by atoms with Crippen LogP contribution in [0.5, 0.6) is 11.5 Å². The highest BCUT2D eigenvalue weighted by molar-refractivity contribution is 5.50. The van der Waals surface area contributed by atoms with Crippen molar-refractivity contribution < 1.29 is 14.9 Å². The van der Waals surface area contributed by atoms with Crippen LogP contribution in [0.25, 0.3) is 0 Å². The van der Waals surface area contributed by atoms with Crippen molar-refractivity contribution >= 4 is 0 Å². The first-order valence-electron chi connectivity index (χ1n) is 4.67. The van der Waals surface area contributed by atoms with E-state index >= 15 is 0 Å². The zero-order chi connectivity index (χ0) is 10.3. The molecule has 0 radical (unpaired) electrons. The van der Waals surface area contributed by atoms with E-state index in [1.54, 1.807) is 26.2 Å². The molecule has 0 aliphatic heterocycles. The van der Waals surface area contributed by atoms with E-state index in [0.717, 1.165) is 5.56 Å². The maximum atomic E-state index is 9.91. The third kappa shape index (κ3) is 1.34. The number of phenols is 1. The van der Waals surface area contributed by atoms with Gasteiger partial charge in [0, 0.05) is 5.56 Å². The standard InChI is InChI=1S/C11H14O3/c1-7-5-8(14-2)6-9(10(7)12)11(13)3-4-11/h5-6,12-13H,3-4H2,1-2H3. The van der Waals surface area contributed by atoms with Gasteiger partial charge in [0.05, 0.1) is 12.7 Å². The van der Waals surface area contributed by atoms with Gasteiger partial charge in [0.25, 0.3) is 0 Å². The van der Waals surface area contributed by atoms with Crippen LogP contribution in [-0.4, -0.2) is 17.3 Å². The van der Waals surface area contributed by atoms with E-state index in [0.29, 0.717) is 24.2 Å². The largest absolute Gasteiger partial charge is 0.507 e. The van der Waals surface area contributed by atoms with E-state index in [1.165, 1.54) is 0 Å². The van der Waals surface area contributed by atoms with Crippen molar-refractivity contribution in [3.63, 3.8) is 0 Å². The lowest BCUT2D eigenvalue weighted by molar-refractivity contribution is 0.147. The third-order valence-electron chi connectivity index (χ3n) is 2.73. The van der Waals surface area contributed by atoms with E-state index in [4.69, 9.17) is 4.74 Å². The van der Waals surface area contributed by atoms with Crippen molar-refractivity contribution in [2.24, 2.45) is 0 Å². The molecule has 1 aromatic carbocycles. The molecule has 2 N–H and O–H groups in total. The molecule has 0 amide bonds. The number of methoxy groups -OCH3 is 1. The van der Waals surface area contributed by atoms with Gasteiger partial charge in [0.1, 0.15) is 11.5 Å². The molecule has 76 valence electrons. The number of benzene rings is 1. The number of aliphatic hydroxyl groups is 1. The molecular weight excluding hydrogens is 180 g/mol. The number of hydrogen-bond acceptors (Lipinski definition) is 3. The Kier molecular flexibility index (Phi) is 1.93. The molecule has 0 bridgehead atoms. The summed E-state index contributed by atoms with van der Waals surface area (Å²) < 4.78 is 5.09. The Morgan fingerprint density at radius 1 is 1.36 bits per heavy atom. The molecule has 0 unspecified atom stereocenters. The third-order valence-corrected chi connectivity index (χ3v) is 2.73. The van der Waals surface area contributed by atoms with Gasteiger partial charge < -0.3 is 14.9 Å². The molecule has 3 nitrogen and oxygen atoms in total. The summed E-state index contributed by atoms with van der Waals surface area (Å²) in [6.07, 6.45) is 1.43. The van der Waals surface area contributed by atoms with E-state index < -0.39 is 5.60 Å². The zero-order valence-electron chi connectivity index (χ0n) is 8.37. The lowest BCUT2D eigenvalue weighted by Crippen LogP contribution is -2.05. The van der Waals surface area contributed by atoms with Gasteiger partial charge in [-0.1, -0.05) is 0 Å². The molecule has 14 heavy (non-hydrogen) atoms. The van der Waals surface area contributed by atoms with Gasteiger partial charge >= 0.3 is 0 Å². The molecule has 0 atom stereocenters. The first-order chi connectivity index (χ1) is 6.57. The molecule has 0 spiro atoms. The van der Waals surface area contributed by atoms with Gasteiger partial charge in [-0.05, 0) is 37.5 Å². The number of hydrogen-bond donors (Lipinski definition) is 2. The van der Waals surface area contributed by atoms with Gasteiger partial charge in [-0.25, -0.2) is 0 Å². The van der Waals surface area contributed by atoms with Crippen molar-refractivity contribution in [1.82, 2.24) is 0 Å². The van der Waals surface area contributed by atoms with Gasteiger partial charge in [-0.15, -0.1) is 0 Å². The van der Waals surface area contributed by atoms with Crippen LogP contribution >= 0.6 is 0 Å². The number of ether oxygens (including phenoxy) is 1. The Balaban J connectivity index is 2.52. The molecule has 1 fully saturated rings. The molecule has 0 heterocycles. The lowest BCUT2D eigenvalue weighted by Gasteiger charge is -2.14. The summed E-state index contributed by atoms with van der Waals surface area (Å²) in [4.78, 5) is 0. The Morgan fingerprint density at radius 2 is 2.00 bits per heavy atom. The first kappa shape index (κ1) is 9.34. The smallest absolute Gasteiger partial charge is 0.124 e. The van der Waals surface area contributed by atoms with Crippen LogP contribution in [0, 0.1) is 6.92 Å². The first-order valence-corrected chi connectivity index (χ1v) is 4.67. The molecule has 1 aromatic rings. The highest BCUT2D eigenvalue weighted by Gasteiger charge is 2.44. The monoisotopic (exact) mass is 194 g/mol. The van der Waals surface area contributed by atoms with Crippen LogP contribution < -0.4 is 4.74 Å². The van der Waals surface area contributed by atoms with Gasteiger partial charge in [-0.3, -0.25) is 0 Å². The summed E-state index contributed by atoms with van der Waals surface area (Å²) in [5, 5.41) is 19.7. The summed E-state index contributed by atoms with van der Waals surface area (Å²) in [7, 11) is 1.58.